The largest absolute Gasteiger partial charge is 0.327 e. The number of hydrogen-bond acceptors (Lipinski definition) is 3. The Labute approximate surface area is 151 Å². The van der Waals surface area contributed by atoms with Crippen molar-refractivity contribution in [2.75, 3.05) is 25.0 Å². The van der Waals surface area contributed by atoms with E-state index in [0.29, 0.717) is 24.4 Å². The lowest BCUT2D eigenvalue weighted by Crippen LogP contribution is -2.38. The molecule has 1 aliphatic heterocycles. The minimum atomic E-state index is 0. The van der Waals surface area contributed by atoms with E-state index in [-0.39, 0.29) is 18.3 Å². The number of nitrogens with one attached hydrogen (secondary N) is 1. The Hall–Kier alpha value is -0.370. The van der Waals surface area contributed by atoms with Crippen LogP contribution in [-0.2, 0) is 4.79 Å². The summed E-state index contributed by atoms with van der Waals surface area (Å²) in [5, 5.41) is 2.99. The smallest absolute Gasteiger partial charge is 0.238 e. The first-order valence-corrected chi connectivity index (χ1v) is 8.73. The van der Waals surface area contributed by atoms with Crippen molar-refractivity contribution in [3.05, 3.63) is 27.8 Å². The molecular formula is C16H23ClIN3O. The second kappa shape index (κ2) is 7.95. The SMILES string of the molecule is Cl.NC1CCCC2CN(CC(=O)Nc3cccc(I)c3)CC12. The summed E-state index contributed by atoms with van der Waals surface area (Å²) < 4.78 is 1.13. The van der Waals surface area contributed by atoms with E-state index in [9.17, 15) is 4.79 Å². The minimum absolute atomic E-state index is 0. The summed E-state index contributed by atoms with van der Waals surface area (Å²) in [5.41, 5.74) is 7.10. The molecule has 0 spiro atoms. The molecule has 3 rings (SSSR count). The van der Waals surface area contributed by atoms with E-state index < -0.39 is 0 Å². The van der Waals surface area contributed by atoms with Gasteiger partial charge >= 0.3 is 0 Å². The quantitative estimate of drug-likeness (QED) is 0.718. The standard InChI is InChI=1S/C16H22IN3O.ClH/c17-12-4-2-5-13(7-12)19-16(21)10-20-8-11-3-1-6-15(18)14(11)9-20;/h2,4-5,7,11,14-15H,1,3,6,8-10,18H2,(H,19,21);1H. The fourth-order valence-electron chi connectivity index (χ4n) is 3.71. The maximum Gasteiger partial charge on any atom is 0.238 e. The molecular weight excluding hydrogens is 413 g/mol. The molecule has 1 saturated carbocycles. The van der Waals surface area contributed by atoms with Crippen molar-refractivity contribution in [1.29, 1.82) is 0 Å². The Bertz CT molecular complexity index is 528. The summed E-state index contributed by atoms with van der Waals surface area (Å²) in [7, 11) is 0. The zero-order valence-electron chi connectivity index (χ0n) is 12.5. The number of anilines is 1. The van der Waals surface area contributed by atoms with Crippen LogP contribution >= 0.6 is 35.0 Å². The third kappa shape index (κ3) is 4.34. The first-order valence-electron chi connectivity index (χ1n) is 7.65. The van der Waals surface area contributed by atoms with Crippen LogP contribution in [0.15, 0.2) is 24.3 Å². The highest BCUT2D eigenvalue weighted by atomic mass is 127. The molecule has 3 N–H and O–H groups in total. The summed E-state index contributed by atoms with van der Waals surface area (Å²) in [6.07, 6.45) is 3.65. The van der Waals surface area contributed by atoms with E-state index in [4.69, 9.17) is 5.73 Å². The van der Waals surface area contributed by atoms with E-state index in [1.54, 1.807) is 0 Å². The van der Waals surface area contributed by atoms with Gasteiger partial charge in [-0.15, -0.1) is 12.4 Å². The third-order valence-corrected chi connectivity index (χ3v) is 5.38. The maximum atomic E-state index is 12.2. The summed E-state index contributed by atoms with van der Waals surface area (Å²) in [6.45, 7) is 2.48. The lowest BCUT2D eigenvalue weighted by molar-refractivity contribution is -0.117. The number of likely N-dealkylation sites (tertiary alicyclic amines) is 1. The normalized spacial score (nSPS) is 27.8. The molecule has 6 heteroatoms. The molecule has 1 heterocycles. The molecule has 1 amide bonds. The first-order chi connectivity index (χ1) is 10.1. The Balaban J connectivity index is 0.00000176. The van der Waals surface area contributed by atoms with Crippen molar-refractivity contribution in [2.45, 2.75) is 25.3 Å². The van der Waals surface area contributed by atoms with Gasteiger partial charge in [-0.05, 0) is 65.5 Å². The van der Waals surface area contributed by atoms with Gasteiger partial charge in [0, 0.05) is 28.4 Å². The second-order valence-corrected chi connectivity index (χ2v) is 7.52. The van der Waals surface area contributed by atoms with E-state index in [0.717, 1.165) is 28.8 Å². The molecule has 2 aliphatic rings. The number of amides is 1. The predicted molar refractivity (Wildman–Crippen MR) is 100 cm³/mol. The van der Waals surface area contributed by atoms with Gasteiger partial charge in [0.2, 0.25) is 5.91 Å². The van der Waals surface area contributed by atoms with Crippen LogP contribution in [0.5, 0.6) is 0 Å². The van der Waals surface area contributed by atoms with Gasteiger partial charge < -0.3 is 11.1 Å². The predicted octanol–water partition coefficient (Wildman–Crippen LogP) is 2.71. The molecule has 0 radical (unpaired) electrons. The molecule has 0 bridgehead atoms. The molecule has 22 heavy (non-hydrogen) atoms. The van der Waals surface area contributed by atoms with Crippen LogP contribution in [0.25, 0.3) is 0 Å². The monoisotopic (exact) mass is 435 g/mol. The number of carbonyl (C=O) groups is 1. The van der Waals surface area contributed by atoms with E-state index >= 15 is 0 Å². The van der Waals surface area contributed by atoms with Crippen LogP contribution in [0.2, 0.25) is 0 Å². The molecule has 3 atom stereocenters. The van der Waals surface area contributed by atoms with Crippen LogP contribution in [0.3, 0.4) is 0 Å². The lowest BCUT2D eigenvalue weighted by atomic mass is 9.78. The van der Waals surface area contributed by atoms with Crippen LogP contribution in [-0.4, -0.2) is 36.5 Å². The Morgan fingerprint density at radius 3 is 2.91 bits per heavy atom. The van der Waals surface area contributed by atoms with E-state index in [1.807, 2.05) is 24.3 Å². The number of nitrogens with two attached hydrogens (primary N) is 1. The Morgan fingerprint density at radius 1 is 1.36 bits per heavy atom. The van der Waals surface area contributed by atoms with Gasteiger partial charge in [0.05, 0.1) is 6.54 Å². The van der Waals surface area contributed by atoms with Gasteiger partial charge in [-0.1, -0.05) is 12.5 Å². The molecule has 1 aliphatic carbocycles. The Morgan fingerprint density at radius 2 is 2.18 bits per heavy atom. The summed E-state index contributed by atoms with van der Waals surface area (Å²) in [5.74, 6) is 1.35. The van der Waals surface area contributed by atoms with Gasteiger partial charge in [0.25, 0.3) is 0 Å². The van der Waals surface area contributed by atoms with Crippen molar-refractivity contribution in [2.24, 2.45) is 17.6 Å². The molecule has 0 aromatic heterocycles. The minimum Gasteiger partial charge on any atom is -0.327 e. The van der Waals surface area contributed by atoms with Gasteiger partial charge in [0.1, 0.15) is 0 Å². The van der Waals surface area contributed by atoms with Crippen molar-refractivity contribution >= 4 is 46.6 Å². The fraction of sp³-hybridized carbons (Fsp3) is 0.562. The van der Waals surface area contributed by atoms with Crippen molar-refractivity contribution in [3.63, 3.8) is 0 Å². The number of nitrogens with zero attached hydrogens (tertiary/aromatic N) is 1. The molecule has 4 nitrogen and oxygen atoms in total. The van der Waals surface area contributed by atoms with Crippen molar-refractivity contribution < 1.29 is 4.79 Å². The highest BCUT2D eigenvalue weighted by molar-refractivity contribution is 14.1. The number of fused-ring (bicyclic) bond motifs is 1. The van der Waals surface area contributed by atoms with E-state index in [1.165, 1.54) is 12.8 Å². The average molecular weight is 436 g/mol. The number of rotatable bonds is 3. The zero-order valence-corrected chi connectivity index (χ0v) is 15.5. The van der Waals surface area contributed by atoms with E-state index in [2.05, 4.69) is 32.8 Å². The van der Waals surface area contributed by atoms with Crippen molar-refractivity contribution in [1.82, 2.24) is 4.90 Å². The second-order valence-electron chi connectivity index (χ2n) is 6.27. The van der Waals surface area contributed by atoms with Gasteiger partial charge in [0.15, 0.2) is 0 Å². The molecule has 3 unspecified atom stereocenters. The number of halogens is 2. The highest BCUT2D eigenvalue weighted by Crippen LogP contribution is 2.35. The molecule has 122 valence electrons. The summed E-state index contributed by atoms with van der Waals surface area (Å²) in [4.78, 5) is 14.4. The van der Waals surface area contributed by atoms with Crippen LogP contribution in [0, 0.1) is 15.4 Å². The summed E-state index contributed by atoms with van der Waals surface area (Å²) >= 11 is 2.25. The van der Waals surface area contributed by atoms with Gasteiger partial charge in [-0.2, -0.15) is 0 Å². The van der Waals surface area contributed by atoms with Crippen molar-refractivity contribution in [3.8, 4) is 0 Å². The average Bonchev–Trinajstić information content (AvgIpc) is 2.82. The van der Waals surface area contributed by atoms with Crippen LogP contribution < -0.4 is 11.1 Å². The lowest BCUT2D eigenvalue weighted by Gasteiger charge is -2.29. The van der Waals surface area contributed by atoms with Gasteiger partial charge in [-0.3, -0.25) is 9.69 Å². The molecule has 2 fully saturated rings. The fourth-order valence-corrected chi connectivity index (χ4v) is 4.25. The van der Waals surface area contributed by atoms with Crippen LogP contribution in [0.1, 0.15) is 19.3 Å². The molecule has 1 aromatic rings. The topological polar surface area (TPSA) is 58.4 Å². The summed E-state index contributed by atoms with van der Waals surface area (Å²) in [6, 6.07) is 8.22. The molecule has 1 saturated heterocycles. The van der Waals surface area contributed by atoms with Gasteiger partial charge in [-0.25, -0.2) is 0 Å². The number of hydrogen-bond donors (Lipinski definition) is 2. The number of benzene rings is 1. The zero-order chi connectivity index (χ0) is 14.8. The Kier molecular flexibility index (Phi) is 6.49. The first kappa shape index (κ1) is 18.0. The van der Waals surface area contributed by atoms with Crippen LogP contribution in [0.4, 0.5) is 5.69 Å². The molecule has 1 aromatic carbocycles. The number of carbonyl (C=O) groups excluding carboxylic acids is 1. The maximum absolute atomic E-state index is 12.2. The third-order valence-electron chi connectivity index (χ3n) is 4.71. The highest BCUT2D eigenvalue weighted by Gasteiger charge is 2.38.